The Kier molecular flexibility index (Phi) is 7.03. The fraction of sp³-hybridized carbons (Fsp3) is 0.562. The predicted octanol–water partition coefficient (Wildman–Crippen LogP) is 2.56. The monoisotopic (exact) mass is 326 g/mol. The van der Waals surface area contributed by atoms with Gasteiger partial charge in [-0.2, -0.15) is 0 Å². The van der Waals surface area contributed by atoms with Gasteiger partial charge in [-0.3, -0.25) is 4.79 Å². The highest BCUT2D eigenvalue weighted by Gasteiger charge is 2.20. The van der Waals surface area contributed by atoms with E-state index in [1.807, 2.05) is 13.8 Å². The maximum atomic E-state index is 12.7. The fourth-order valence-electron chi connectivity index (χ4n) is 2.19. The fourth-order valence-corrected chi connectivity index (χ4v) is 3.26. The summed E-state index contributed by atoms with van der Waals surface area (Å²) >= 11 is 0. The maximum absolute atomic E-state index is 12.7. The van der Waals surface area contributed by atoms with Gasteiger partial charge in [0.2, 0.25) is 10.0 Å². The molecule has 0 saturated carbocycles. The van der Waals surface area contributed by atoms with Gasteiger partial charge < -0.3 is 4.90 Å². The number of amides is 1. The van der Waals surface area contributed by atoms with E-state index >= 15 is 0 Å². The van der Waals surface area contributed by atoms with Gasteiger partial charge in [-0.1, -0.05) is 26.3 Å². The van der Waals surface area contributed by atoms with Crippen LogP contribution in [0.3, 0.4) is 0 Å². The lowest BCUT2D eigenvalue weighted by molar-refractivity contribution is 0.0761. The second-order valence-electron chi connectivity index (χ2n) is 5.22. The molecule has 0 fully saturated rings. The molecule has 0 unspecified atom stereocenters. The molecule has 5 nitrogen and oxygen atoms in total. The number of carbonyl (C=O) groups is 1. The molecular weight excluding hydrogens is 300 g/mol. The zero-order chi connectivity index (χ0) is 16.8. The van der Waals surface area contributed by atoms with Crippen molar-refractivity contribution >= 4 is 15.9 Å². The molecule has 1 aromatic carbocycles. The lowest BCUT2D eigenvalue weighted by Gasteiger charge is -2.22. The second kappa shape index (κ2) is 8.29. The van der Waals surface area contributed by atoms with Gasteiger partial charge in [0.25, 0.3) is 5.91 Å². The molecule has 0 aliphatic heterocycles. The Hall–Kier alpha value is -1.40. The highest BCUT2D eigenvalue weighted by Crippen LogP contribution is 2.18. The molecule has 0 atom stereocenters. The summed E-state index contributed by atoms with van der Waals surface area (Å²) in [5.74, 6) is -0.109. The van der Waals surface area contributed by atoms with Gasteiger partial charge in [-0.05, 0) is 38.0 Å². The average Bonchev–Trinajstić information content (AvgIpc) is 2.48. The van der Waals surface area contributed by atoms with Crippen molar-refractivity contribution in [1.29, 1.82) is 0 Å². The predicted molar refractivity (Wildman–Crippen MR) is 88.5 cm³/mol. The highest BCUT2D eigenvalue weighted by atomic mass is 32.2. The Morgan fingerprint density at radius 1 is 1.23 bits per heavy atom. The van der Waals surface area contributed by atoms with E-state index < -0.39 is 10.0 Å². The number of sulfonamides is 1. The Labute approximate surface area is 133 Å². The van der Waals surface area contributed by atoms with Crippen molar-refractivity contribution in [3.05, 3.63) is 29.3 Å². The Morgan fingerprint density at radius 2 is 1.91 bits per heavy atom. The average molecular weight is 326 g/mol. The molecule has 0 aromatic heterocycles. The minimum atomic E-state index is -3.55. The second-order valence-corrected chi connectivity index (χ2v) is 6.98. The summed E-state index contributed by atoms with van der Waals surface area (Å²) in [7, 11) is -3.55. The lowest BCUT2D eigenvalue weighted by atomic mass is 10.1. The highest BCUT2D eigenvalue weighted by molar-refractivity contribution is 7.89. The quantitative estimate of drug-likeness (QED) is 0.798. The number of nitrogens with one attached hydrogen (secondary N) is 1. The Morgan fingerprint density at radius 3 is 2.45 bits per heavy atom. The summed E-state index contributed by atoms with van der Waals surface area (Å²) in [6, 6.07) is 4.70. The molecule has 0 aliphatic rings. The molecular formula is C16H26N2O3S. The molecule has 6 heteroatoms. The largest absolute Gasteiger partial charge is 0.339 e. The van der Waals surface area contributed by atoms with Crippen molar-refractivity contribution in [2.75, 3.05) is 19.6 Å². The van der Waals surface area contributed by atoms with E-state index in [-0.39, 0.29) is 10.8 Å². The van der Waals surface area contributed by atoms with Crippen LogP contribution in [0.1, 0.15) is 49.5 Å². The molecule has 1 N–H and O–H groups in total. The molecule has 1 rings (SSSR count). The molecule has 0 saturated heterocycles. The third-order valence-corrected chi connectivity index (χ3v) is 5.08. The van der Waals surface area contributed by atoms with Gasteiger partial charge in [0.15, 0.2) is 0 Å². The van der Waals surface area contributed by atoms with Crippen molar-refractivity contribution in [2.45, 2.75) is 45.4 Å². The van der Waals surface area contributed by atoms with Gasteiger partial charge in [0.1, 0.15) is 0 Å². The van der Waals surface area contributed by atoms with Gasteiger partial charge in [-0.15, -0.1) is 0 Å². The van der Waals surface area contributed by atoms with Gasteiger partial charge in [-0.25, -0.2) is 13.1 Å². The van der Waals surface area contributed by atoms with Crippen molar-refractivity contribution in [2.24, 2.45) is 0 Å². The van der Waals surface area contributed by atoms with Gasteiger partial charge in [0, 0.05) is 25.2 Å². The molecule has 124 valence electrons. The number of rotatable bonds is 8. The summed E-state index contributed by atoms with van der Waals surface area (Å²) in [5.41, 5.74) is 1.24. The van der Waals surface area contributed by atoms with Crippen LogP contribution in [0.25, 0.3) is 0 Å². The number of unbranched alkanes of at least 4 members (excludes halogenated alkanes) is 1. The lowest BCUT2D eigenvalue weighted by Crippen LogP contribution is -2.32. The van der Waals surface area contributed by atoms with E-state index in [1.54, 1.807) is 17.9 Å². The molecule has 1 amide bonds. The molecule has 0 aliphatic carbocycles. The van der Waals surface area contributed by atoms with Crippen LogP contribution in [0.5, 0.6) is 0 Å². The van der Waals surface area contributed by atoms with Crippen molar-refractivity contribution < 1.29 is 13.2 Å². The summed E-state index contributed by atoms with van der Waals surface area (Å²) < 4.78 is 26.6. The van der Waals surface area contributed by atoms with E-state index in [1.165, 1.54) is 12.1 Å². The van der Waals surface area contributed by atoms with E-state index in [9.17, 15) is 13.2 Å². The molecule has 0 radical (unpaired) electrons. The van der Waals surface area contributed by atoms with Crippen molar-refractivity contribution in [3.63, 3.8) is 0 Å². The minimum absolute atomic E-state index is 0.109. The first-order valence-corrected chi connectivity index (χ1v) is 9.25. The van der Waals surface area contributed by atoms with Crippen molar-refractivity contribution in [3.8, 4) is 0 Å². The molecule has 1 aromatic rings. The summed E-state index contributed by atoms with van der Waals surface area (Å²) in [4.78, 5) is 14.5. The first-order valence-electron chi connectivity index (χ1n) is 7.76. The molecule has 0 bridgehead atoms. The normalized spacial score (nSPS) is 11.5. The molecule has 0 heterocycles. The van der Waals surface area contributed by atoms with Crippen LogP contribution in [-0.2, 0) is 10.0 Å². The molecule has 22 heavy (non-hydrogen) atoms. The van der Waals surface area contributed by atoms with Crippen LogP contribution >= 0.6 is 0 Å². The van der Waals surface area contributed by atoms with Crippen LogP contribution < -0.4 is 4.72 Å². The van der Waals surface area contributed by atoms with E-state index in [2.05, 4.69) is 11.6 Å². The number of nitrogens with zero attached hydrogens (tertiary/aromatic N) is 1. The van der Waals surface area contributed by atoms with Crippen LogP contribution in [0, 0.1) is 6.92 Å². The zero-order valence-corrected chi connectivity index (χ0v) is 14.7. The van der Waals surface area contributed by atoms with Crippen LogP contribution in [0.2, 0.25) is 0 Å². The standard InChI is InChI=1S/C16H26N2O3S/c1-5-8-11-18(7-3)16(19)15-12-14(10-9-13(15)4)22(20,21)17-6-2/h9-10,12,17H,5-8,11H2,1-4H3. The van der Waals surface area contributed by atoms with Crippen LogP contribution in [0.4, 0.5) is 0 Å². The maximum Gasteiger partial charge on any atom is 0.254 e. The number of hydrogen-bond acceptors (Lipinski definition) is 3. The third-order valence-electron chi connectivity index (χ3n) is 3.53. The van der Waals surface area contributed by atoms with Crippen LogP contribution in [-0.4, -0.2) is 38.9 Å². The SMILES string of the molecule is CCCCN(CC)C(=O)c1cc(S(=O)(=O)NCC)ccc1C. The minimum Gasteiger partial charge on any atom is -0.339 e. The smallest absolute Gasteiger partial charge is 0.254 e. The zero-order valence-electron chi connectivity index (χ0n) is 13.8. The topological polar surface area (TPSA) is 66.5 Å². The molecule has 0 spiro atoms. The van der Waals surface area contributed by atoms with Gasteiger partial charge in [0.05, 0.1) is 4.90 Å². The summed E-state index contributed by atoms with van der Waals surface area (Å²) in [6.07, 6.45) is 1.95. The summed E-state index contributed by atoms with van der Waals surface area (Å²) in [6.45, 7) is 9.18. The Bertz CT molecular complexity index is 612. The van der Waals surface area contributed by atoms with Gasteiger partial charge >= 0.3 is 0 Å². The first kappa shape index (κ1) is 18.6. The number of aryl methyl sites for hydroxylation is 1. The van der Waals surface area contributed by atoms with E-state index in [0.717, 1.165) is 18.4 Å². The first-order chi connectivity index (χ1) is 10.4. The third kappa shape index (κ3) is 4.55. The number of benzene rings is 1. The summed E-state index contributed by atoms with van der Waals surface area (Å²) in [5, 5.41) is 0. The van der Waals surface area contributed by atoms with E-state index in [0.29, 0.717) is 25.2 Å². The number of hydrogen-bond donors (Lipinski definition) is 1. The van der Waals surface area contributed by atoms with Crippen molar-refractivity contribution in [1.82, 2.24) is 9.62 Å². The Balaban J connectivity index is 3.16. The van der Waals surface area contributed by atoms with E-state index in [4.69, 9.17) is 0 Å². The number of carbonyl (C=O) groups excluding carboxylic acids is 1. The van der Waals surface area contributed by atoms with Crippen LogP contribution in [0.15, 0.2) is 23.1 Å².